The number of aryl methyl sites for hydroxylation is 1. The number of carbonyl (C=O) groups excluding carboxylic acids is 1. The van der Waals surface area contributed by atoms with Crippen LogP contribution in [0.2, 0.25) is 0 Å². The maximum absolute atomic E-state index is 11.5. The van der Waals surface area contributed by atoms with Gasteiger partial charge in [-0.3, -0.25) is 4.68 Å². The maximum atomic E-state index is 11.5. The van der Waals surface area contributed by atoms with Crippen molar-refractivity contribution in [2.24, 2.45) is 13.0 Å². The van der Waals surface area contributed by atoms with E-state index in [1.54, 1.807) is 11.7 Å². The number of hydrogen-bond donors (Lipinski definition) is 0. The van der Waals surface area contributed by atoms with Gasteiger partial charge in [-0.05, 0) is 21.8 Å². The Hall–Kier alpha value is -0.840. The second-order valence-corrected chi connectivity index (χ2v) is 4.22. The van der Waals surface area contributed by atoms with Crippen molar-refractivity contribution in [2.45, 2.75) is 13.8 Å². The van der Waals surface area contributed by atoms with E-state index in [1.807, 2.05) is 13.8 Å². The summed E-state index contributed by atoms with van der Waals surface area (Å²) in [6.45, 7) is 4.41. The Balaban J connectivity index is 2.66. The van der Waals surface area contributed by atoms with E-state index in [9.17, 15) is 4.79 Å². The Bertz CT molecular complexity index is 334. The molecule has 4 nitrogen and oxygen atoms in total. The number of ether oxygens (including phenoxy) is 1. The summed E-state index contributed by atoms with van der Waals surface area (Å²) in [5.41, 5.74) is 0.466. The van der Waals surface area contributed by atoms with Crippen LogP contribution >= 0.6 is 15.9 Å². The number of rotatable bonds is 3. The SMILES string of the molecule is CC(C)COC(=O)c1cnn(C)c1Br. The molecule has 78 valence electrons. The van der Waals surface area contributed by atoms with Crippen LogP contribution in [0.1, 0.15) is 24.2 Å². The van der Waals surface area contributed by atoms with Crippen LogP contribution in [0.15, 0.2) is 10.8 Å². The average Bonchev–Trinajstić information content (AvgIpc) is 2.44. The topological polar surface area (TPSA) is 44.1 Å². The number of hydrogen-bond acceptors (Lipinski definition) is 3. The monoisotopic (exact) mass is 260 g/mol. The zero-order valence-electron chi connectivity index (χ0n) is 8.45. The minimum Gasteiger partial charge on any atom is -0.462 e. The molecule has 0 N–H and O–H groups in total. The summed E-state index contributed by atoms with van der Waals surface area (Å²) < 4.78 is 7.28. The highest BCUT2D eigenvalue weighted by Gasteiger charge is 2.15. The third-order valence-electron chi connectivity index (χ3n) is 1.63. The molecular formula is C9H13BrN2O2. The lowest BCUT2D eigenvalue weighted by atomic mass is 10.2. The molecule has 0 aliphatic rings. The highest BCUT2D eigenvalue weighted by Crippen LogP contribution is 2.16. The molecule has 0 bridgehead atoms. The van der Waals surface area contributed by atoms with Gasteiger partial charge in [0.1, 0.15) is 10.2 Å². The summed E-state index contributed by atoms with van der Waals surface area (Å²) in [4.78, 5) is 11.5. The molecule has 5 heteroatoms. The minimum atomic E-state index is -0.335. The van der Waals surface area contributed by atoms with Gasteiger partial charge in [0, 0.05) is 7.05 Å². The Kier molecular flexibility index (Phi) is 3.69. The van der Waals surface area contributed by atoms with Crippen LogP contribution in [-0.4, -0.2) is 22.4 Å². The highest BCUT2D eigenvalue weighted by molar-refractivity contribution is 9.10. The predicted molar refractivity (Wildman–Crippen MR) is 56.0 cm³/mol. The van der Waals surface area contributed by atoms with Crippen LogP contribution < -0.4 is 0 Å². The van der Waals surface area contributed by atoms with Crippen LogP contribution in [0.25, 0.3) is 0 Å². The van der Waals surface area contributed by atoms with Gasteiger partial charge in [-0.1, -0.05) is 13.8 Å². The standard InChI is InChI=1S/C9H13BrN2O2/c1-6(2)5-14-9(13)7-4-11-12(3)8(7)10/h4,6H,5H2,1-3H3. The molecule has 0 amide bonds. The number of carbonyl (C=O) groups is 1. The molecule has 0 aliphatic carbocycles. The van der Waals surface area contributed by atoms with E-state index in [0.29, 0.717) is 22.7 Å². The van der Waals surface area contributed by atoms with Gasteiger partial charge >= 0.3 is 5.97 Å². The number of aromatic nitrogens is 2. The van der Waals surface area contributed by atoms with Gasteiger partial charge in [-0.15, -0.1) is 0 Å². The Labute approximate surface area is 91.4 Å². The fraction of sp³-hybridized carbons (Fsp3) is 0.556. The molecule has 1 heterocycles. The molecule has 0 saturated heterocycles. The highest BCUT2D eigenvalue weighted by atomic mass is 79.9. The van der Waals surface area contributed by atoms with E-state index in [-0.39, 0.29) is 5.97 Å². The molecule has 14 heavy (non-hydrogen) atoms. The van der Waals surface area contributed by atoms with Gasteiger partial charge in [-0.25, -0.2) is 4.79 Å². The number of halogens is 1. The number of nitrogens with zero attached hydrogens (tertiary/aromatic N) is 2. The molecule has 0 spiro atoms. The van der Waals surface area contributed by atoms with Crippen molar-refractivity contribution in [3.63, 3.8) is 0 Å². The summed E-state index contributed by atoms with van der Waals surface area (Å²) in [7, 11) is 1.75. The van der Waals surface area contributed by atoms with Crippen molar-refractivity contribution in [1.82, 2.24) is 9.78 Å². The summed E-state index contributed by atoms with van der Waals surface area (Å²) >= 11 is 3.26. The van der Waals surface area contributed by atoms with E-state index >= 15 is 0 Å². The first kappa shape index (κ1) is 11.2. The lowest BCUT2D eigenvalue weighted by molar-refractivity contribution is 0.0457. The van der Waals surface area contributed by atoms with Gasteiger partial charge in [0.25, 0.3) is 0 Å². The molecule has 0 saturated carbocycles. The van der Waals surface area contributed by atoms with Crippen LogP contribution in [0.5, 0.6) is 0 Å². The summed E-state index contributed by atoms with van der Waals surface area (Å²) in [6.07, 6.45) is 1.49. The lowest BCUT2D eigenvalue weighted by Gasteiger charge is -2.05. The van der Waals surface area contributed by atoms with E-state index in [4.69, 9.17) is 4.74 Å². The molecule has 0 aliphatic heterocycles. The zero-order chi connectivity index (χ0) is 10.7. The molecule has 0 fully saturated rings. The first-order chi connectivity index (χ1) is 6.52. The van der Waals surface area contributed by atoms with Crippen molar-refractivity contribution < 1.29 is 9.53 Å². The molecule has 0 radical (unpaired) electrons. The minimum absolute atomic E-state index is 0.335. The predicted octanol–water partition coefficient (Wildman–Crippen LogP) is 2.00. The fourth-order valence-electron chi connectivity index (χ4n) is 0.880. The van der Waals surface area contributed by atoms with E-state index in [1.165, 1.54) is 6.20 Å². The average molecular weight is 261 g/mol. The second-order valence-electron chi connectivity index (χ2n) is 3.46. The van der Waals surface area contributed by atoms with E-state index in [2.05, 4.69) is 21.0 Å². The second kappa shape index (κ2) is 4.59. The first-order valence-electron chi connectivity index (χ1n) is 4.37. The smallest absolute Gasteiger partial charge is 0.342 e. The molecule has 0 aromatic carbocycles. The zero-order valence-corrected chi connectivity index (χ0v) is 10.0. The largest absolute Gasteiger partial charge is 0.462 e. The van der Waals surface area contributed by atoms with Crippen LogP contribution in [0, 0.1) is 5.92 Å². The van der Waals surface area contributed by atoms with Crippen LogP contribution in [0.4, 0.5) is 0 Å². The van der Waals surface area contributed by atoms with E-state index < -0.39 is 0 Å². The molecule has 1 rings (SSSR count). The van der Waals surface area contributed by atoms with Crippen molar-refractivity contribution in [2.75, 3.05) is 6.61 Å². The van der Waals surface area contributed by atoms with Crippen LogP contribution in [0.3, 0.4) is 0 Å². The summed E-state index contributed by atoms with van der Waals surface area (Å²) in [6, 6.07) is 0. The molecule has 1 aromatic heterocycles. The van der Waals surface area contributed by atoms with Crippen molar-refractivity contribution in [3.8, 4) is 0 Å². The quantitative estimate of drug-likeness (QED) is 0.781. The molecular weight excluding hydrogens is 248 g/mol. The molecule has 1 aromatic rings. The van der Waals surface area contributed by atoms with Gasteiger partial charge in [0.05, 0.1) is 12.8 Å². The lowest BCUT2D eigenvalue weighted by Crippen LogP contribution is -2.10. The Morgan fingerprint density at radius 2 is 2.36 bits per heavy atom. The van der Waals surface area contributed by atoms with Crippen molar-refractivity contribution in [3.05, 3.63) is 16.4 Å². The maximum Gasteiger partial charge on any atom is 0.342 e. The van der Waals surface area contributed by atoms with E-state index in [0.717, 1.165) is 0 Å². The molecule has 0 atom stereocenters. The normalized spacial score (nSPS) is 10.6. The third kappa shape index (κ3) is 2.57. The molecule has 0 unspecified atom stereocenters. The Morgan fingerprint density at radius 1 is 1.71 bits per heavy atom. The Morgan fingerprint density at radius 3 is 2.79 bits per heavy atom. The first-order valence-corrected chi connectivity index (χ1v) is 5.16. The summed E-state index contributed by atoms with van der Waals surface area (Å²) in [5.74, 6) is 0.00747. The van der Waals surface area contributed by atoms with Gasteiger partial charge in [0.15, 0.2) is 0 Å². The van der Waals surface area contributed by atoms with Gasteiger partial charge in [-0.2, -0.15) is 5.10 Å². The fourth-order valence-corrected chi connectivity index (χ4v) is 1.24. The van der Waals surface area contributed by atoms with Gasteiger partial charge in [0.2, 0.25) is 0 Å². The number of esters is 1. The van der Waals surface area contributed by atoms with Crippen LogP contribution in [-0.2, 0) is 11.8 Å². The van der Waals surface area contributed by atoms with Crippen molar-refractivity contribution >= 4 is 21.9 Å². The van der Waals surface area contributed by atoms with Gasteiger partial charge < -0.3 is 4.74 Å². The third-order valence-corrected chi connectivity index (χ3v) is 2.57. The van der Waals surface area contributed by atoms with Crippen molar-refractivity contribution in [1.29, 1.82) is 0 Å². The summed E-state index contributed by atoms with van der Waals surface area (Å²) in [5, 5.41) is 3.93.